The van der Waals surface area contributed by atoms with Gasteiger partial charge >= 0.3 is 0 Å². The summed E-state index contributed by atoms with van der Waals surface area (Å²) in [6, 6.07) is 9.92. The van der Waals surface area contributed by atoms with Gasteiger partial charge in [-0.3, -0.25) is 4.79 Å². The molecule has 0 unspecified atom stereocenters. The number of hydrogen-bond acceptors (Lipinski definition) is 4. The maximum Gasteiger partial charge on any atom is 0.246 e. The maximum absolute atomic E-state index is 12.3. The number of benzene rings is 2. The second-order valence-corrected chi connectivity index (χ2v) is 6.30. The van der Waals surface area contributed by atoms with E-state index in [1.807, 2.05) is 18.2 Å². The summed E-state index contributed by atoms with van der Waals surface area (Å²) in [4.78, 5) is 16.6. The van der Waals surface area contributed by atoms with Crippen molar-refractivity contribution in [2.24, 2.45) is 0 Å². The third-order valence-electron chi connectivity index (χ3n) is 3.40. The first kappa shape index (κ1) is 16.6. The number of oxazole rings is 1. The number of rotatable bonds is 4. The van der Waals surface area contributed by atoms with Gasteiger partial charge in [0.1, 0.15) is 11.6 Å². The van der Waals surface area contributed by atoms with Crippen molar-refractivity contribution in [1.82, 2.24) is 4.98 Å². The Morgan fingerprint density at radius 1 is 1.12 bits per heavy atom. The summed E-state index contributed by atoms with van der Waals surface area (Å²) >= 11 is 11.9. The van der Waals surface area contributed by atoms with Crippen LogP contribution in [-0.4, -0.2) is 16.9 Å². The average Bonchev–Trinajstić information content (AvgIpc) is 2.85. The van der Waals surface area contributed by atoms with Gasteiger partial charge in [-0.15, -0.1) is 0 Å². The quantitative estimate of drug-likeness (QED) is 0.692. The minimum absolute atomic E-state index is 0.204. The number of anilines is 2. The molecule has 0 aliphatic rings. The van der Waals surface area contributed by atoms with Gasteiger partial charge in [0.2, 0.25) is 5.91 Å². The molecule has 24 heavy (non-hydrogen) atoms. The highest BCUT2D eigenvalue weighted by Crippen LogP contribution is 2.23. The van der Waals surface area contributed by atoms with Gasteiger partial charge in [0.15, 0.2) is 11.5 Å². The normalized spacial score (nSPS) is 12.2. The lowest BCUT2D eigenvalue weighted by Crippen LogP contribution is -2.31. The van der Waals surface area contributed by atoms with E-state index in [0.29, 0.717) is 27.2 Å². The molecule has 2 N–H and O–H groups in total. The lowest BCUT2D eigenvalue weighted by Gasteiger charge is -2.15. The highest BCUT2D eigenvalue weighted by Gasteiger charge is 2.14. The maximum atomic E-state index is 12.3. The lowest BCUT2D eigenvalue weighted by molar-refractivity contribution is -0.116. The Morgan fingerprint density at radius 2 is 1.83 bits per heavy atom. The molecular weight excluding hydrogens is 349 g/mol. The van der Waals surface area contributed by atoms with Crippen LogP contribution in [-0.2, 0) is 4.79 Å². The highest BCUT2D eigenvalue weighted by atomic mass is 35.5. The van der Waals surface area contributed by atoms with Crippen LogP contribution in [0.3, 0.4) is 0 Å². The molecule has 2 aromatic carbocycles. The molecule has 5 nitrogen and oxygen atoms in total. The van der Waals surface area contributed by atoms with Crippen LogP contribution in [0.4, 0.5) is 11.4 Å². The molecule has 1 amide bonds. The van der Waals surface area contributed by atoms with Crippen LogP contribution in [0.15, 0.2) is 40.8 Å². The molecule has 0 bridgehead atoms. The third-order valence-corrected chi connectivity index (χ3v) is 3.84. The number of halogens is 2. The first-order chi connectivity index (χ1) is 11.4. The van der Waals surface area contributed by atoms with Gasteiger partial charge in [0.05, 0.1) is 0 Å². The molecule has 3 rings (SSSR count). The second-order valence-electron chi connectivity index (χ2n) is 5.43. The first-order valence-corrected chi connectivity index (χ1v) is 8.07. The van der Waals surface area contributed by atoms with Crippen LogP contribution >= 0.6 is 23.2 Å². The zero-order valence-corrected chi connectivity index (χ0v) is 14.6. The van der Waals surface area contributed by atoms with Crippen LogP contribution < -0.4 is 10.6 Å². The van der Waals surface area contributed by atoms with Crippen LogP contribution in [0, 0.1) is 6.92 Å². The fourth-order valence-corrected chi connectivity index (χ4v) is 2.85. The predicted molar refractivity (Wildman–Crippen MR) is 96.9 cm³/mol. The Hall–Kier alpha value is -2.24. The molecular formula is C17H15Cl2N3O2. The Labute approximate surface area is 149 Å². The number of hydrogen-bond donors (Lipinski definition) is 2. The molecule has 0 fully saturated rings. The van der Waals surface area contributed by atoms with Gasteiger partial charge in [-0.25, -0.2) is 4.98 Å². The van der Waals surface area contributed by atoms with E-state index in [-0.39, 0.29) is 5.91 Å². The molecule has 0 saturated carbocycles. The third kappa shape index (κ3) is 3.80. The number of amides is 1. The minimum Gasteiger partial charge on any atom is -0.441 e. The van der Waals surface area contributed by atoms with Crippen molar-refractivity contribution in [3.63, 3.8) is 0 Å². The largest absolute Gasteiger partial charge is 0.441 e. The lowest BCUT2D eigenvalue weighted by atomic mass is 10.2. The van der Waals surface area contributed by atoms with Crippen LogP contribution in [0.1, 0.15) is 12.8 Å². The molecule has 1 atom stereocenters. The number of carbonyl (C=O) groups excluding carboxylic acids is 1. The van der Waals surface area contributed by atoms with Crippen molar-refractivity contribution in [2.45, 2.75) is 19.9 Å². The fourth-order valence-electron chi connectivity index (χ4n) is 2.32. The SMILES string of the molecule is Cc1nc2cc(N[C@H](C)C(=O)Nc3cc(Cl)cc(Cl)c3)ccc2o1. The van der Waals surface area contributed by atoms with E-state index >= 15 is 0 Å². The van der Waals surface area contributed by atoms with Gasteiger partial charge in [0.25, 0.3) is 0 Å². The number of aryl methyl sites for hydroxylation is 1. The summed E-state index contributed by atoms with van der Waals surface area (Å²) < 4.78 is 5.43. The number of aromatic nitrogens is 1. The highest BCUT2D eigenvalue weighted by molar-refractivity contribution is 6.35. The molecule has 3 aromatic rings. The van der Waals surface area contributed by atoms with E-state index in [1.165, 1.54) is 0 Å². The summed E-state index contributed by atoms with van der Waals surface area (Å²) in [5.74, 6) is 0.399. The molecule has 0 radical (unpaired) electrons. The summed E-state index contributed by atoms with van der Waals surface area (Å²) in [7, 11) is 0. The van der Waals surface area contributed by atoms with Crippen molar-refractivity contribution in [3.8, 4) is 0 Å². The van der Waals surface area contributed by atoms with Crippen LogP contribution in [0.5, 0.6) is 0 Å². The molecule has 0 aliphatic heterocycles. The van der Waals surface area contributed by atoms with Crippen molar-refractivity contribution in [2.75, 3.05) is 10.6 Å². The average molecular weight is 364 g/mol. The van der Waals surface area contributed by atoms with Gasteiger partial charge < -0.3 is 15.1 Å². The van der Waals surface area contributed by atoms with Crippen molar-refractivity contribution >= 4 is 51.6 Å². The zero-order valence-electron chi connectivity index (χ0n) is 13.1. The number of nitrogens with zero attached hydrogens (tertiary/aromatic N) is 1. The number of nitrogens with one attached hydrogen (secondary N) is 2. The van der Waals surface area contributed by atoms with Gasteiger partial charge in [-0.05, 0) is 43.3 Å². The smallest absolute Gasteiger partial charge is 0.246 e. The molecule has 124 valence electrons. The Kier molecular flexibility index (Phi) is 4.64. The zero-order chi connectivity index (χ0) is 17.3. The molecule has 0 spiro atoms. The summed E-state index contributed by atoms with van der Waals surface area (Å²) in [5.41, 5.74) is 2.78. The van der Waals surface area contributed by atoms with Crippen LogP contribution in [0.2, 0.25) is 10.0 Å². The monoisotopic (exact) mass is 363 g/mol. The number of carbonyl (C=O) groups is 1. The molecule has 1 aromatic heterocycles. The first-order valence-electron chi connectivity index (χ1n) is 7.31. The minimum atomic E-state index is -0.465. The van der Waals surface area contributed by atoms with E-state index in [1.54, 1.807) is 32.0 Å². The molecule has 0 saturated heterocycles. The van der Waals surface area contributed by atoms with Gasteiger partial charge in [-0.1, -0.05) is 23.2 Å². The van der Waals surface area contributed by atoms with Crippen molar-refractivity contribution < 1.29 is 9.21 Å². The van der Waals surface area contributed by atoms with E-state index in [9.17, 15) is 4.79 Å². The Morgan fingerprint density at radius 3 is 2.54 bits per heavy atom. The molecule has 0 aliphatic carbocycles. The second kappa shape index (κ2) is 6.71. The standard InChI is InChI=1S/C17H15Cl2N3O2/c1-9(17(23)22-14-6-11(18)5-12(19)7-14)20-13-3-4-16-15(8-13)21-10(2)24-16/h3-9,20H,1-2H3,(H,22,23)/t9-/m1/s1. The van der Waals surface area contributed by atoms with E-state index in [2.05, 4.69) is 15.6 Å². The number of fused-ring (bicyclic) bond motifs is 1. The summed E-state index contributed by atoms with van der Waals surface area (Å²) in [5, 5.41) is 6.84. The van der Waals surface area contributed by atoms with E-state index in [0.717, 1.165) is 11.2 Å². The van der Waals surface area contributed by atoms with Crippen molar-refractivity contribution in [1.29, 1.82) is 0 Å². The van der Waals surface area contributed by atoms with Gasteiger partial charge in [-0.2, -0.15) is 0 Å². The van der Waals surface area contributed by atoms with Crippen molar-refractivity contribution in [3.05, 3.63) is 52.3 Å². The molecule has 7 heteroatoms. The van der Waals surface area contributed by atoms with Crippen LogP contribution in [0.25, 0.3) is 11.1 Å². The molecule has 1 heterocycles. The fraction of sp³-hybridized carbons (Fsp3) is 0.176. The summed E-state index contributed by atoms with van der Waals surface area (Å²) in [6.45, 7) is 3.55. The topological polar surface area (TPSA) is 67.2 Å². The Bertz CT molecular complexity index is 888. The Balaban J connectivity index is 1.70. The van der Waals surface area contributed by atoms with E-state index in [4.69, 9.17) is 27.6 Å². The predicted octanol–water partition coefficient (Wildman–Crippen LogP) is 4.88. The van der Waals surface area contributed by atoms with E-state index < -0.39 is 6.04 Å². The summed E-state index contributed by atoms with van der Waals surface area (Å²) in [6.07, 6.45) is 0. The van der Waals surface area contributed by atoms with Gasteiger partial charge in [0, 0.05) is 28.3 Å².